The Hall–Kier alpha value is -3.42. The zero-order valence-corrected chi connectivity index (χ0v) is 20.8. The summed E-state index contributed by atoms with van der Waals surface area (Å²) in [6, 6.07) is -5.33. The van der Waals surface area contributed by atoms with E-state index in [1.54, 1.807) is 0 Å². The molecule has 206 valence electrons. The van der Waals surface area contributed by atoms with Crippen LogP contribution in [0.15, 0.2) is 0 Å². The molecular weight excluding hydrogens is 480 g/mol. The molecular formula is C22H38N4O10. The van der Waals surface area contributed by atoms with Crippen LogP contribution in [0.3, 0.4) is 0 Å². The van der Waals surface area contributed by atoms with Crippen LogP contribution >= 0.6 is 0 Å². The third-order valence-corrected chi connectivity index (χ3v) is 5.27. The largest absolute Gasteiger partial charge is 0.480 e. The highest BCUT2D eigenvalue weighted by atomic mass is 16.6. The van der Waals surface area contributed by atoms with E-state index in [4.69, 9.17) is 20.7 Å². The van der Waals surface area contributed by atoms with E-state index in [1.807, 2.05) is 6.92 Å². The number of ether oxygens (including phenoxy) is 1. The third-order valence-electron chi connectivity index (χ3n) is 5.27. The smallest absolute Gasteiger partial charge is 0.408 e. The van der Waals surface area contributed by atoms with Crippen molar-refractivity contribution in [2.75, 3.05) is 0 Å². The molecule has 0 saturated carbocycles. The SMILES string of the molecule is CCCCCCC(=O)N[C@@H](C(=O)O)[C@@H](C)OC(=O)N[C@@H](CCCC(N)C(=O)O)C(=O)N[C@H](C)C(=O)O. The van der Waals surface area contributed by atoms with E-state index in [0.29, 0.717) is 6.42 Å². The molecule has 0 saturated heterocycles. The van der Waals surface area contributed by atoms with Gasteiger partial charge < -0.3 is 41.7 Å². The molecule has 5 atom stereocenters. The number of carbonyl (C=O) groups excluding carboxylic acids is 3. The van der Waals surface area contributed by atoms with Crippen LogP contribution in [0.1, 0.15) is 72.1 Å². The van der Waals surface area contributed by atoms with E-state index in [1.165, 1.54) is 13.8 Å². The Morgan fingerprint density at radius 3 is 1.97 bits per heavy atom. The molecule has 0 fully saturated rings. The molecule has 36 heavy (non-hydrogen) atoms. The van der Waals surface area contributed by atoms with E-state index in [9.17, 15) is 33.9 Å². The van der Waals surface area contributed by atoms with Crippen molar-refractivity contribution < 1.29 is 48.8 Å². The number of carboxylic acids is 3. The van der Waals surface area contributed by atoms with Crippen LogP contribution in [0.25, 0.3) is 0 Å². The molecule has 0 heterocycles. The van der Waals surface area contributed by atoms with Gasteiger partial charge in [0.05, 0.1) is 0 Å². The number of alkyl carbamates (subject to hydrolysis) is 1. The van der Waals surface area contributed by atoms with Crippen LogP contribution in [0.5, 0.6) is 0 Å². The Kier molecular flexibility index (Phi) is 15.5. The van der Waals surface area contributed by atoms with E-state index in [-0.39, 0.29) is 25.7 Å². The molecule has 1 unspecified atom stereocenters. The zero-order chi connectivity index (χ0) is 27.8. The van der Waals surface area contributed by atoms with Crippen molar-refractivity contribution in [2.24, 2.45) is 5.73 Å². The van der Waals surface area contributed by atoms with Gasteiger partial charge in [-0.3, -0.25) is 19.2 Å². The van der Waals surface area contributed by atoms with E-state index in [2.05, 4.69) is 16.0 Å². The second-order valence-electron chi connectivity index (χ2n) is 8.45. The lowest BCUT2D eigenvalue weighted by atomic mass is 10.0. The molecule has 0 aliphatic heterocycles. The average Bonchev–Trinajstić information content (AvgIpc) is 2.78. The molecule has 0 aromatic rings. The Labute approximate surface area is 209 Å². The minimum absolute atomic E-state index is 0.0217. The van der Waals surface area contributed by atoms with Crippen molar-refractivity contribution in [3.05, 3.63) is 0 Å². The number of hydrogen-bond acceptors (Lipinski definition) is 8. The Bertz CT molecular complexity index is 776. The monoisotopic (exact) mass is 518 g/mol. The molecule has 0 rings (SSSR count). The summed E-state index contributed by atoms with van der Waals surface area (Å²) < 4.78 is 5.06. The minimum Gasteiger partial charge on any atom is -0.480 e. The number of unbranched alkanes of at least 4 members (excludes halogenated alkanes) is 3. The molecule has 0 bridgehead atoms. The summed E-state index contributed by atoms with van der Waals surface area (Å²) in [6.45, 7) is 4.47. The lowest BCUT2D eigenvalue weighted by Crippen LogP contribution is -2.53. The van der Waals surface area contributed by atoms with Crippen LogP contribution in [0.4, 0.5) is 4.79 Å². The normalized spacial score (nSPS) is 14.9. The molecule has 0 radical (unpaired) electrons. The van der Waals surface area contributed by atoms with Crippen molar-refractivity contribution in [3.63, 3.8) is 0 Å². The van der Waals surface area contributed by atoms with E-state index in [0.717, 1.165) is 19.3 Å². The maximum atomic E-state index is 12.5. The second-order valence-corrected chi connectivity index (χ2v) is 8.45. The number of rotatable bonds is 18. The van der Waals surface area contributed by atoms with E-state index >= 15 is 0 Å². The van der Waals surface area contributed by atoms with Gasteiger partial charge in [0.25, 0.3) is 0 Å². The highest BCUT2D eigenvalue weighted by molar-refractivity contribution is 5.89. The predicted molar refractivity (Wildman–Crippen MR) is 126 cm³/mol. The molecule has 0 aliphatic rings. The quantitative estimate of drug-likeness (QED) is 0.121. The number of carboxylic acid groups (broad SMARTS) is 3. The number of nitrogens with one attached hydrogen (secondary N) is 3. The standard InChI is InChI=1S/C22H38N4O10/c1-4-5-6-7-11-16(27)26-17(21(33)34)13(3)36-22(35)25-15(10-8-9-14(23)20(31)32)18(28)24-12(2)19(29)30/h12-15,17H,4-11,23H2,1-3H3,(H,24,28)(H,25,35)(H,26,27)(H,29,30)(H,31,32)(H,33,34)/t12-,13-,14?,15+,17-/m1/s1. The topological polar surface area (TPSA) is 234 Å². The van der Waals surface area contributed by atoms with Crippen LogP contribution in [0.2, 0.25) is 0 Å². The van der Waals surface area contributed by atoms with Gasteiger partial charge in [-0.2, -0.15) is 0 Å². The van der Waals surface area contributed by atoms with Gasteiger partial charge in [-0.05, 0) is 39.5 Å². The highest BCUT2D eigenvalue weighted by Crippen LogP contribution is 2.08. The van der Waals surface area contributed by atoms with Gasteiger partial charge in [0.1, 0.15) is 24.2 Å². The van der Waals surface area contributed by atoms with Crippen molar-refractivity contribution >= 4 is 35.8 Å². The molecule has 0 spiro atoms. The Balaban J connectivity index is 5.14. The molecule has 14 nitrogen and oxygen atoms in total. The molecule has 0 aromatic carbocycles. The summed E-state index contributed by atoms with van der Waals surface area (Å²) in [5.41, 5.74) is 5.43. The van der Waals surface area contributed by atoms with Gasteiger partial charge >= 0.3 is 24.0 Å². The lowest BCUT2D eigenvalue weighted by Gasteiger charge is -2.24. The first-order valence-electron chi connectivity index (χ1n) is 11.8. The summed E-state index contributed by atoms with van der Waals surface area (Å²) >= 11 is 0. The number of nitrogens with two attached hydrogens (primary N) is 1. The first kappa shape index (κ1) is 32.6. The number of amides is 3. The predicted octanol–water partition coefficient (Wildman–Crippen LogP) is 0.181. The Morgan fingerprint density at radius 1 is 0.806 bits per heavy atom. The molecule has 0 aromatic heterocycles. The summed E-state index contributed by atoms with van der Waals surface area (Å²) in [7, 11) is 0. The number of hydrogen-bond donors (Lipinski definition) is 7. The fraction of sp³-hybridized carbons (Fsp3) is 0.727. The van der Waals surface area contributed by atoms with Gasteiger partial charge in [-0.25, -0.2) is 9.59 Å². The fourth-order valence-electron chi connectivity index (χ4n) is 3.06. The van der Waals surface area contributed by atoms with Crippen molar-refractivity contribution in [3.8, 4) is 0 Å². The summed E-state index contributed by atoms with van der Waals surface area (Å²) in [4.78, 5) is 70.5. The second kappa shape index (κ2) is 17.1. The maximum absolute atomic E-state index is 12.5. The third kappa shape index (κ3) is 13.5. The van der Waals surface area contributed by atoms with Gasteiger partial charge in [-0.15, -0.1) is 0 Å². The fourth-order valence-corrected chi connectivity index (χ4v) is 3.06. The van der Waals surface area contributed by atoms with Gasteiger partial charge in [-0.1, -0.05) is 26.2 Å². The maximum Gasteiger partial charge on any atom is 0.408 e. The van der Waals surface area contributed by atoms with Gasteiger partial charge in [0.15, 0.2) is 6.04 Å². The molecule has 0 aliphatic carbocycles. The molecule has 14 heteroatoms. The number of aliphatic carboxylic acids is 3. The van der Waals surface area contributed by atoms with Crippen molar-refractivity contribution in [1.82, 2.24) is 16.0 Å². The van der Waals surface area contributed by atoms with Gasteiger partial charge in [0.2, 0.25) is 11.8 Å². The van der Waals surface area contributed by atoms with Crippen LogP contribution in [-0.4, -0.2) is 81.4 Å². The molecule has 3 amide bonds. The summed E-state index contributed by atoms with van der Waals surface area (Å²) in [5.74, 6) is -5.37. The number of carbonyl (C=O) groups is 6. The summed E-state index contributed by atoms with van der Waals surface area (Å²) in [5, 5.41) is 34.0. The van der Waals surface area contributed by atoms with Crippen molar-refractivity contribution in [1.29, 1.82) is 0 Å². The zero-order valence-electron chi connectivity index (χ0n) is 20.8. The summed E-state index contributed by atoms with van der Waals surface area (Å²) in [6.07, 6.45) is 0.903. The van der Waals surface area contributed by atoms with Crippen molar-refractivity contribution in [2.45, 2.75) is 102 Å². The first-order valence-corrected chi connectivity index (χ1v) is 11.8. The van der Waals surface area contributed by atoms with Crippen LogP contribution in [-0.2, 0) is 28.7 Å². The van der Waals surface area contributed by atoms with Crippen LogP contribution in [0, 0.1) is 0 Å². The first-order chi connectivity index (χ1) is 16.8. The van der Waals surface area contributed by atoms with Gasteiger partial charge in [0, 0.05) is 6.42 Å². The lowest BCUT2D eigenvalue weighted by molar-refractivity contribution is -0.145. The average molecular weight is 519 g/mol. The van der Waals surface area contributed by atoms with Crippen LogP contribution < -0.4 is 21.7 Å². The minimum atomic E-state index is -1.54. The Morgan fingerprint density at radius 2 is 1.44 bits per heavy atom. The molecule has 8 N–H and O–H groups in total. The van der Waals surface area contributed by atoms with E-state index < -0.39 is 66.1 Å². The highest BCUT2D eigenvalue weighted by Gasteiger charge is 2.31.